The summed E-state index contributed by atoms with van der Waals surface area (Å²) in [6.07, 6.45) is 5.34. The molecule has 0 aromatic heterocycles. The van der Waals surface area contributed by atoms with Crippen LogP contribution in [0.1, 0.15) is 45.1 Å². The number of benzene rings is 1. The van der Waals surface area contributed by atoms with Gasteiger partial charge in [0.1, 0.15) is 0 Å². The van der Waals surface area contributed by atoms with Crippen LogP contribution < -0.4 is 5.32 Å². The predicted molar refractivity (Wildman–Crippen MR) is 91.8 cm³/mol. The van der Waals surface area contributed by atoms with Crippen LogP contribution in [0.2, 0.25) is 0 Å². The summed E-state index contributed by atoms with van der Waals surface area (Å²) < 4.78 is 0. The lowest BCUT2D eigenvalue weighted by molar-refractivity contribution is -0.142. The van der Waals surface area contributed by atoms with Gasteiger partial charge in [-0.25, -0.2) is 0 Å². The van der Waals surface area contributed by atoms with Crippen LogP contribution in [0.5, 0.6) is 0 Å². The Labute approximate surface area is 135 Å². The molecule has 3 heteroatoms. The quantitative estimate of drug-likeness (QED) is 0.875. The summed E-state index contributed by atoms with van der Waals surface area (Å²) in [6.45, 7) is 5.98. The first-order valence-corrected chi connectivity index (χ1v) is 8.53. The van der Waals surface area contributed by atoms with Crippen molar-refractivity contribution in [2.24, 2.45) is 5.41 Å². The van der Waals surface area contributed by atoms with Gasteiger partial charge in [-0.05, 0) is 44.7 Å². The monoisotopic (exact) mass is 302 g/mol. The second kappa shape index (κ2) is 7.77. The molecule has 1 heterocycles. The maximum atomic E-state index is 12.8. The molecule has 0 spiro atoms. The number of likely N-dealkylation sites (tertiary alicyclic amines) is 1. The van der Waals surface area contributed by atoms with Gasteiger partial charge in [0.15, 0.2) is 0 Å². The third kappa shape index (κ3) is 4.57. The molecule has 0 bridgehead atoms. The summed E-state index contributed by atoms with van der Waals surface area (Å²) in [7, 11) is 1.99. The number of rotatable bonds is 6. The highest BCUT2D eigenvalue weighted by Crippen LogP contribution is 2.28. The third-order valence-electron chi connectivity index (χ3n) is 4.81. The van der Waals surface area contributed by atoms with Crippen molar-refractivity contribution in [2.45, 2.75) is 52.0 Å². The molecule has 0 radical (unpaired) electrons. The molecule has 1 aliphatic rings. The Morgan fingerprint density at radius 1 is 1.32 bits per heavy atom. The molecular formula is C19H30N2O. The summed E-state index contributed by atoms with van der Waals surface area (Å²) >= 11 is 0. The number of piperidine rings is 1. The van der Waals surface area contributed by atoms with Gasteiger partial charge in [-0.3, -0.25) is 4.79 Å². The number of carbonyl (C=O) groups is 1. The number of hydrogen-bond acceptors (Lipinski definition) is 2. The maximum absolute atomic E-state index is 12.8. The summed E-state index contributed by atoms with van der Waals surface area (Å²) in [5.41, 5.74) is 1.10. The molecule has 1 aliphatic heterocycles. The van der Waals surface area contributed by atoms with Crippen molar-refractivity contribution in [2.75, 3.05) is 20.1 Å². The van der Waals surface area contributed by atoms with E-state index < -0.39 is 0 Å². The van der Waals surface area contributed by atoms with E-state index in [1.165, 1.54) is 12.0 Å². The van der Waals surface area contributed by atoms with Gasteiger partial charge < -0.3 is 10.2 Å². The number of hydrogen-bond donors (Lipinski definition) is 1. The van der Waals surface area contributed by atoms with E-state index in [-0.39, 0.29) is 5.41 Å². The van der Waals surface area contributed by atoms with Crippen LogP contribution in [0.15, 0.2) is 30.3 Å². The largest absolute Gasteiger partial charge is 0.341 e. The van der Waals surface area contributed by atoms with Crippen molar-refractivity contribution in [1.29, 1.82) is 0 Å². The van der Waals surface area contributed by atoms with E-state index in [1.807, 2.05) is 13.1 Å². The lowest BCUT2D eigenvalue weighted by Crippen LogP contribution is -2.50. The summed E-state index contributed by atoms with van der Waals surface area (Å²) in [6, 6.07) is 11.0. The topological polar surface area (TPSA) is 32.3 Å². The molecule has 1 unspecified atom stereocenters. The van der Waals surface area contributed by atoms with E-state index in [0.717, 1.165) is 38.8 Å². The van der Waals surface area contributed by atoms with E-state index >= 15 is 0 Å². The molecule has 1 saturated heterocycles. The van der Waals surface area contributed by atoms with Gasteiger partial charge in [0.2, 0.25) is 5.91 Å². The Balaban J connectivity index is 1.84. The van der Waals surface area contributed by atoms with Gasteiger partial charge in [0, 0.05) is 24.5 Å². The van der Waals surface area contributed by atoms with Crippen LogP contribution in [-0.4, -0.2) is 37.0 Å². The third-order valence-corrected chi connectivity index (χ3v) is 4.81. The molecule has 2 rings (SSSR count). The highest BCUT2D eigenvalue weighted by Gasteiger charge is 2.33. The van der Waals surface area contributed by atoms with Crippen LogP contribution in [-0.2, 0) is 11.2 Å². The maximum Gasteiger partial charge on any atom is 0.228 e. The van der Waals surface area contributed by atoms with E-state index in [4.69, 9.17) is 0 Å². The fraction of sp³-hybridized carbons (Fsp3) is 0.632. The molecule has 1 aromatic carbocycles. The van der Waals surface area contributed by atoms with E-state index in [0.29, 0.717) is 11.9 Å². The minimum Gasteiger partial charge on any atom is -0.341 e. The number of carbonyl (C=O) groups excluding carboxylic acids is 1. The zero-order valence-electron chi connectivity index (χ0n) is 14.3. The molecule has 1 fully saturated rings. The van der Waals surface area contributed by atoms with Crippen molar-refractivity contribution in [3.8, 4) is 0 Å². The molecule has 122 valence electrons. The average Bonchev–Trinajstić information content (AvgIpc) is 2.55. The normalized spacial score (nSPS) is 19.2. The van der Waals surface area contributed by atoms with Crippen molar-refractivity contribution in [3.63, 3.8) is 0 Å². The number of nitrogens with one attached hydrogen (secondary N) is 1. The minimum absolute atomic E-state index is 0.260. The summed E-state index contributed by atoms with van der Waals surface area (Å²) in [5, 5.41) is 3.31. The molecule has 1 amide bonds. The molecule has 0 saturated carbocycles. The van der Waals surface area contributed by atoms with E-state index in [2.05, 4.69) is 48.3 Å². The lowest BCUT2D eigenvalue weighted by atomic mass is 9.84. The Morgan fingerprint density at radius 2 is 2.05 bits per heavy atom. The molecule has 1 aromatic rings. The molecule has 22 heavy (non-hydrogen) atoms. The Kier molecular flexibility index (Phi) is 6.01. The van der Waals surface area contributed by atoms with Crippen molar-refractivity contribution in [1.82, 2.24) is 10.2 Å². The lowest BCUT2D eigenvalue weighted by Gasteiger charge is -2.37. The Hall–Kier alpha value is -1.35. The first-order valence-electron chi connectivity index (χ1n) is 8.53. The minimum atomic E-state index is -0.260. The van der Waals surface area contributed by atoms with E-state index in [9.17, 15) is 4.79 Å². The van der Waals surface area contributed by atoms with Crippen LogP contribution in [0.4, 0.5) is 0 Å². The molecule has 0 aliphatic carbocycles. The number of amides is 1. The number of likely N-dealkylation sites (N-methyl/N-ethyl adjacent to an activating group) is 1. The smallest absolute Gasteiger partial charge is 0.228 e. The second-order valence-corrected chi connectivity index (χ2v) is 7.10. The van der Waals surface area contributed by atoms with Gasteiger partial charge in [0.05, 0.1) is 0 Å². The van der Waals surface area contributed by atoms with E-state index in [1.54, 1.807) is 0 Å². The predicted octanol–water partition coefficient (Wildman–Crippen LogP) is 3.25. The van der Waals surface area contributed by atoms with Crippen molar-refractivity contribution < 1.29 is 4.79 Å². The fourth-order valence-electron chi connectivity index (χ4n) is 3.31. The van der Waals surface area contributed by atoms with Gasteiger partial charge in [0.25, 0.3) is 0 Å². The number of nitrogens with zero attached hydrogens (tertiary/aromatic N) is 1. The van der Waals surface area contributed by atoms with Crippen LogP contribution in [0.25, 0.3) is 0 Å². The molecular weight excluding hydrogens is 272 g/mol. The van der Waals surface area contributed by atoms with Crippen molar-refractivity contribution in [3.05, 3.63) is 35.9 Å². The Morgan fingerprint density at radius 3 is 2.73 bits per heavy atom. The van der Waals surface area contributed by atoms with Gasteiger partial charge >= 0.3 is 0 Å². The standard InChI is InChI=1S/C19H30N2O/c1-19(2,13-7-11-16-9-5-4-6-10-16)18(22)21-14-8-12-17(15-21)20-3/h4-6,9-10,17,20H,7-8,11-15H2,1-3H3. The average molecular weight is 302 g/mol. The van der Waals surface area contributed by atoms with Gasteiger partial charge in [-0.15, -0.1) is 0 Å². The van der Waals surface area contributed by atoms with Crippen LogP contribution in [0, 0.1) is 5.41 Å². The van der Waals surface area contributed by atoms with Crippen LogP contribution in [0.3, 0.4) is 0 Å². The zero-order valence-corrected chi connectivity index (χ0v) is 14.3. The number of aryl methyl sites for hydroxylation is 1. The zero-order chi connectivity index (χ0) is 16.0. The SMILES string of the molecule is CNC1CCCN(C(=O)C(C)(C)CCCc2ccccc2)C1. The first kappa shape index (κ1) is 17.0. The van der Waals surface area contributed by atoms with Gasteiger partial charge in [-0.2, -0.15) is 0 Å². The molecule has 1 atom stereocenters. The highest BCUT2D eigenvalue weighted by molar-refractivity contribution is 5.82. The Bertz CT molecular complexity index is 470. The first-order chi connectivity index (χ1) is 10.5. The van der Waals surface area contributed by atoms with Crippen LogP contribution >= 0.6 is 0 Å². The second-order valence-electron chi connectivity index (χ2n) is 7.10. The van der Waals surface area contributed by atoms with Crippen molar-refractivity contribution >= 4 is 5.91 Å². The molecule has 3 nitrogen and oxygen atoms in total. The van der Waals surface area contributed by atoms with Gasteiger partial charge in [-0.1, -0.05) is 44.2 Å². The summed E-state index contributed by atoms with van der Waals surface area (Å²) in [4.78, 5) is 14.9. The summed E-state index contributed by atoms with van der Waals surface area (Å²) in [5.74, 6) is 0.320. The highest BCUT2D eigenvalue weighted by atomic mass is 16.2. The fourth-order valence-corrected chi connectivity index (χ4v) is 3.31. The molecule has 1 N–H and O–H groups in total.